The molecule has 0 saturated carbocycles. The smallest absolute Gasteiger partial charge is 0.338 e. The van der Waals surface area contributed by atoms with E-state index in [0.717, 1.165) is 25.3 Å². The number of hydrogen-bond acceptors (Lipinski definition) is 8. The first-order chi connectivity index (χ1) is 21.8. The van der Waals surface area contributed by atoms with Gasteiger partial charge < -0.3 is 18.8 Å². The summed E-state index contributed by atoms with van der Waals surface area (Å²) in [4.78, 5) is 23.7. The SMILES string of the molecule is CCOC(=O)c1cc(F)c2nc(CN3CCC(c4ccc(F)c(OCc5ccc(C#N)cc5F)n4)CC3)n(C[C@@H]3CCO3)c2c1. The monoisotopic (exact) mass is 619 g/mol. The number of benzene rings is 2. The molecule has 0 spiro atoms. The van der Waals surface area contributed by atoms with E-state index < -0.39 is 23.4 Å². The Morgan fingerprint density at radius 2 is 1.84 bits per heavy atom. The average molecular weight is 620 g/mol. The molecular formula is C33H32F3N5O4. The molecule has 0 aliphatic carbocycles. The number of aromatic nitrogens is 3. The van der Waals surface area contributed by atoms with Gasteiger partial charge in [0.25, 0.3) is 5.88 Å². The van der Waals surface area contributed by atoms with Gasteiger partial charge in [-0.15, -0.1) is 0 Å². The van der Waals surface area contributed by atoms with Gasteiger partial charge in [-0.1, -0.05) is 6.07 Å². The van der Waals surface area contributed by atoms with E-state index in [-0.39, 0.29) is 53.3 Å². The number of imidazole rings is 1. The van der Waals surface area contributed by atoms with Gasteiger partial charge in [-0.2, -0.15) is 5.26 Å². The van der Waals surface area contributed by atoms with Gasteiger partial charge in [0.1, 0.15) is 23.8 Å². The number of rotatable bonds is 10. The third kappa shape index (κ3) is 6.65. The van der Waals surface area contributed by atoms with Gasteiger partial charge in [-0.05, 0) is 75.7 Å². The van der Waals surface area contributed by atoms with E-state index in [9.17, 15) is 13.6 Å². The average Bonchev–Trinajstić information content (AvgIpc) is 3.36. The van der Waals surface area contributed by atoms with Crippen LogP contribution >= 0.6 is 0 Å². The Labute approximate surface area is 258 Å². The Kier molecular flexibility index (Phi) is 9.00. The van der Waals surface area contributed by atoms with Gasteiger partial charge in [-0.3, -0.25) is 4.90 Å². The normalized spacial score (nSPS) is 17.2. The highest BCUT2D eigenvalue weighted by atomic mass is 19.1. The summed E-state index contributed by atoms with van der Waals surface area (Å²) in [5, 5.41) is 8.93. The summed E-state index contributed by atoms with van der Waals surface area (Å²) in [5.74, 6) is -1.86. The number of carbonyl (C=O) groups is 1. The Morgan fingerprint density at radius 1 is 1.04 bits per heavy atom. The molecule has 0 bridgehead atoms. The van der Waals surface area contributed by atoms with Crippen molar-refractivity contribution in [1.82, 2.24) is 19.4 Å². The van der Waals surface area contributed by atoms with Crippen LogP contribution in [-0.2, 0) is 29.2 Å². The molecule has 4 aromatic rings. The van der Waals surface area contributed by atoms with Crippen LogP contribution in [0.3, 0.4) is 0 Å². The second-order valence-corrected chi connectivity index (χ2v) is 11.2. The number of ether oxygens (including phenoxy) is 3. The number of carbonyl (C=O) groups excluding carboxylic acids is 1. The minimum Gasteiger partial charge on any atom is -0.471 e. The van der Waals surface area contributed by atoms with Crippen LogP contribution in [0.1, 0.15) is 65.1 Å². The molecule has 0 unspecified atom stereocenters. The standard InChI is InChI=1S/C33H32F3N5O4/c1-2-43-33(42)23-14-27(36)31-29(15-23)41(17-24-9-12-44-24)30(39-31)18-40-10-7-21(8-11-40)28-6-5-25(34)32(38-28)45-19-22-4-3-20(16-37)13-26(22)35/h3-6,13-15,21,24H,2,7-12,17-19H2,1H3/t24-/m0/s1. The van der Waals surface area contributed by atoms with Crippen molar-refractivity contribution in [1.29, 1.82) is 5.26 Å². The van der Waals surface area contributed by atoms with Gasteiger partial charge in [0, 0.05) is 23.8 Å². The molecule has 6 rings (SSSR count). The van der Waals surface area contributed by atoms with E-state index in [1.165, 1.54) is 24.3 Å². The number of hydrogen-bond donors (Lipinski definition) is 0. The zero-order valence-electron chi connectivity index (χ0n) is 24.8. The number of fused-ring (bicyclic) bond motifs is 1. The second kappa shape index (κ2) is 13.3. The fourth-order valence-corrected chi connectivity index (χ4v) is 5.75. The molecule has 234 valence electrons. The third-order valence-corrected chi connectivity index (χ3v) is 8.33. The van der Waals surface area contributed by atoms with Gasteiger partial charge >= 0.3 is 5.97 Å². The van der Waals surface area contributed by atoms with Crippen LogP contribution in [0.4, 0.5) is 13.2 Å². The predicted molar refractivity (Wildman–Crippen MR) is 157 cm³/mol. The van der Waals surface area contributed by atoms with Gasteiger partial charge in [-0.25, -0.2) is 27.9 Å². The van der Waals surface area contributed by atoms with E-state index in [2.05, 4.69) is 14.9 Å². The lowest BCUT2D eigenvalue weighted by Crippen LogP contribution is -2.35. The summed E-state index contributed by atoms with van der Waals surface area (Å²) in [7, 11) is 0. The summed E-state index contributed by atoms with van der Waals surface area (Å²) >= 11 is 0. The van der Waals surface area contributed by atoms with E-state index in [1.54, 1.807) is 19.1 Å². The molecule has 0 amide bonds. The highest BCUT2D eigenvalue weighted by Gasteiger charge is 2.27. The highest BCUT2D eigenvalue weighted by Crippen LogP contribution is 2.31. The van der Waals surface area contributed by atoms with Crippen LogP contribution < -0.4 is 4.74 Å². The highest BCUT2D eigenvalue weighted by molar-refractivity contribution is 5.94. The van der Waals surface area contributed by atoms with Crippen molar-refractivity contribution in [3.63, 3.8) is 0 Å². The Hall–Kier alpha value is -4.47. The lowest BCUT2D eigenvalue weighted by molar-refractivity contribution is -0.0592. The van der Waals surface area contributed by atoms with Gasteiger partial charge in [0.2, 0.25) is 0 Å². The second-order valence-electron chi connectivity index (χ2n) is 11.2. The van der Waals surface area contributed by atoms with E-state index in [1.807, 2.05) is 10.6 Å². The molecule has 12 heteroatoms. The molecule has 2 aliphatic heterocycles. The van der Waals surface area contributed by atoms with Crippen molar-refractivity contribution < 1.29 is 32.2 Å². The summed E-state index contributed by atoms with van der Waals surface area (Å²) < 4.78 is 62.2. The van der Waals surface area contributed by atoms with E-state index >= 15 is 4.39 Å². The molecule has 45 heavy (non-hydrogen) atoms. The molecule has 9 nitrogen and oxygen atoms in total. The number of nitriles is 1. The number of halogens is 3. The summed E-state index contributed by atoms with van der Waals surface area (Å²) in [6.45, 7) is 4.73. The minimum absolute atomic E-state index is 0.00411. The Morgan fingerprint density at radius 3 is 2.53 bits per heavy atom. The lowest BCUT2D eigenvalue weighted by atomic mass is 9.93. The number of esters is 1. The summed E-state index contributed by atoms with van der Waals surface area (Å²) in [5.41, 5.74) is 1.95. The first kappa shape index (κ1) is 30.6. The van der Waals surface area contributed by atoms with Crippen molar-refractivity contribution in [3.8, 4) is 11.9 Å². The van der Waals surface area contributed by atoms with Gasteiger partial charge in [0.15, 0.2) is 11.6 Å². The molecule has 2 aromatic carbocycles. The molecule has 2 aliphatic rings. The number of pyridine rings is 1. The fraction of sp³-hybridized carbons (Fsp3) is 0.394. The molecule has 2 fully saturated rings. The number of nitrogens with zero attached hydrogens (tertiary/aromatic N) is 5. The first-order valence-electron chi connectivity index (χ1n) is 15.0. The Balaban J connectivity index is 1.14. The van der Waals surface area contributed by atoms with Gasteiger partial charge in [0.05, 0.1) is 48.5 Å². The molecule has 2 saturated heterocycles. The third-order valence-electron chi connectivity index (χ3n) is 8.33. The minimum atomic E-state index is -0.641. The first-order valence-corrected chi connectivity index (χ1v) is 15.0. The van der Waals surface area contributed by atoms with Crippen molar-refractivity contribution in [2.75, 3.05) is 26.3 Å². The van der Waals surface area contributed by atoms with Crippen LogP contribution in [0, 0.1) is 28.8 Å². The van der Waals surface area contributed by atoms with Crippen LogP contribution in [0.15, 0.2) is 42.5 Å². The van der Waals surface area contributed by atoms with Crippen molar-refractivity contribution in [2.45, 2.75) is 57.9 Å². The molecule has 1 atom stereocenters. The molecular weight excluding hydrogens is 587 g/mol. The quantitative estimate of drug-likeness (QED) is 0.210. The number of piperidine rings is 1. The maximum absolute atomic E-state index is 15.2. The van der Waals surface area contributed by atoms with Crippen LogP contribution in [0.25, 0.3) is 11.0 Å². The lowest BCUT2D eigenvalue weighted by Gasteiger charge is -2.32. The van der Waals surface area contributed by atoms with Crippen LogP contribution in [0.2, 0.25) is 0 Å². The molecule has 4 heterocycles. The maximum Gasteiger partial charge on any atom is 0.338 e. The number of likely N-dealkylation sites (tertiary alicyclic amines) is 1. The zero-order valence-corrected chi connectivity index (χ0v) is 24.8. The van der Waals surface area contributed by atoms with Crippen LogP contribution in [0.5, 0.6) is 5.88 Å². The van der Waals surface area contributed by atoms with Crippen molar-refractivity contribution >= 4 is 17.0 Å². The topological polar surface area (TPSA) is 102 Å². The zero-order chi connectivity index (χ0) is 31.5. The van der Waals surface area contributed by atoms with Crippen LogP contribution in [-0.4, -0.2) is 57.8 Å². The largest absolute Gasteiger partial charge is 0.471 e. The van der Waals surface area contributed by atoms with Crippen molar-refractivity contribution in [2.24, 2.45) is 0 Å². The van der Waals surface area contributed by atoms with E-state index in [4.69, 9.17) is 19.5 Å². The molecule has 2 aromatic heterocycles. The summed E-state index contributed by atoms with van der Waals surface area (Å²) in [6, 6.07) is 11.7. The van der Waals surface area contributed by atoms with E-state index in [0.29, 0.717) is 49.8 Å². The van der Waals surface area contributed by atoms with Crippen molar-refractivity contribution in [3.05, 3.63) is 88.1 Å². The predicted octanol–water partition coefficient (Wildman–Crippen LogP) is 5.64. The summed E-state index contributed by atoms with van der Waals surface area (Å²) in [6.07, 6.45) is 2.38. The molecule has 0 radical (unpaired) electrons. The fourth-order valence-electron chi connectivity index (χ4n) is 5.75. The maximum atomic E-state index is 15.2. The Bertz CT molecular complexity index is 1760. The molecule has 0 N–H and O–H groups in total.